The average Bonchev–Trinajstić information content (AvgIpc) is 2.77. The van der Waals surface area contributed by atoms with E-state index in [1.54, 1.807) is 0 Å². The van der Waals surface area contributed by atoms with Gasteiger partial charge in [0.15, 0.2) is 0 Å². The number of rotatable bonds is 0. The Morgan fingerprint density at radius 1 is 1.04 bits per heavy atom. The van der Waals surface area contributed by atoms with Crippen LogP contribution in [0, 0.1) is 40.4 Å². The third kappa shape index (κ3) is 2.12. The summed E-state index contributed by atoms with van der Waals surface area (Å²) in [6, 6.07) is 0. The third-order valence-electron chi connectivity index (χ3n) is 9.02. The van der Waals surface area contributed by atoms with E-state index >= 15 is 0 Å². The molecule has 8 atom stereocenters. The highest BCUT2D eigenvalue weighted by Crippen LogP contribution is 2.67. The van der Waals surface area contributed by atoms with Gasteiger partial charge in [-0.2, -0.15) is 0 Å². The van der Waals surface area contributed by atoms with E-state index in [-0.39, 0.29) is 5.41 Å². The number of carbonyl (C=O) groups excluding carboxylic acids is 1. The summed E-state index contributed by atoms with van der Waals surface area (Å²) in [6.45, 7) is 9.28. The predicted octanol–water partition coefficient (Wildman–Crippen LogP) is 4.60. The molecule has 4 aliphatic carbocycles. The second kappa shape index (κ2) is 4.84. The van der Waals surface area contributed by atoms with E-state index < -0.39 is 5.60 Å². The minimum absolute atomic E-state index is 0.0151. The van der Waals surface area contributed by atoms with E-state index in [1.165, 1.54) is 19.3 Å². The molecule has 4 rings (SSSR count). The molecule has 0 aliphatic heterocycles. The molecule has 0 aromatic rings. The molecule has 0 radical (unpaired) electrons. The maximum Gasteiger partial charge on any atom is 0.139 e. The molecular formula is C21H34O2. The van der Waals surface area contributed by atoms with Crippen LogP contribution in [-0.2, 0) is 4.79 Å². The summed E-state index contributed by atoms with van der Waals surface area (Å²) >= 11 is 0. The second-order valence-electron chi connectivity index (χ2n) is 10.3. The highest BCUT2D eigenvalue weighted by molar-refractivity contribution is 5.87. The van der Waals surface area contributed by atoms with Gasteiger partial charge in [0.05, 0.1) is 5.60 Å². The highest BCUT2D eigenvalue weighted by atomic mass is 16.3. The minimum Gasteiger partial charge on any atom is -0.390 e. The smallest absolute Gasteiger partial charge is 0.139 e. The maximum absolute atomic E-state index is 12.5. The van der Waals surface area contributed by atoms with E-state index in [9.17, 15) is 9.90 Å². The largest absolute Gasteiger partial charge is 0.390 e. The highest BCUT2D eigenvalue weighted by Gasteiger charge is 2.62. The molecule has 2 nitrogen and oxygen atoms in total. The number of carbonyl (C=O) groups is 1. The molecule has 0 saturated heterocycles. The van der Waals surface area contributed by atoms with Gasteiger partial charge in [-0.3, -0.25) is 4.79 Å². The van der Waals surface area contributed by atoms with Crippen LogP contribution < -0.4 is 0 Å². The van der Waals surface area contributed by atoms with Gasteiger partial charge in [0.1, 0.15) is 5.78 Å². The molecule has 0 unspecified atom stereocenters. The fourth-order valence-corrected chi connectivity index (χ4v) is 7.59. The molecule has 4 saturated carbocycles. The average molecular weight is 319 g/mol. The van der Waals surface area contributed by atoms with Crippen molar-refractivity contribution in [3.63, 3.8) is 0 Å². The topological polar surface area (TPSA) is 37.3 Å². The zero-order valence-electron chi connectivity index (χ0n) is 15.4. The van der Waals surface area contributed by atoms with Crippen LogP contribution in [-0.4, -0.2) is 16.5 Å². The molecule has 1 N–H and O–H groups in total. The zero-order valence-corrected chi connectivity index (χ0v) is 15.4. The molecule has 130 valence electrons. The Morgan fingerprint density at radius 3 is 2.52 bits per heavy atom. The number of hydrogen-bond acceptors (Lipinski definition) is 2. The monoisotopic (exact) mass is 318 g/mol. The van der Waals surface area contributed by atoms with Gasteiger partial charge in [-0.25, -0.2) is 0 Å². The van der Waals surface area contributed by atoms with E-state index in [0.717, 1.165) is 43.9 Å². The molecule has 4 aliphatic rings. The number of hydrogen-bond donors (Lipinski definition) is 1. The fraction of sp³-hybridized carbons (Fsp3) is 0.952. The summed E-state index contributed by atoms with van der Waals surface area (Å²) in [5.41, 5.74) is -0.0750. The van der Waals surface area contributed by atoms with Crippen molar-refractivity contribution in [3.05, 3.63) is 0 Å². The van der Waals surface area contributed by atoms with Gasteiger partial charge in [-0.05, 0) is 86.9 Å². The van der Waals surface area contributed by atoms with Crippen LogP contribution in [0.3, 0.4) is 0 Å². The Hall–Kier alpha value is -0.370. The number of Topliss-reactive ketones (excluding diaryl/α,β-unsaturated/α-hetero) is 1. The van der Waals surface area contributed by atoms with Crippen molar-refractivity contribution in [1.82, 2.24) is 0 Å². The van der Waals surface area contributed by atoms with Crippen LogP contribution >= 0.6 is 0 Å². The van der Waals surface area contributed by atoms with Gasteiger partial charge in [0, 0.05) is 11.8 Å². The van der Waals surface area contributed by atoms with E-state index in [1.807, 2.05) is 6.92 Å². The van der Waals surface area contributed by atoms with Gasteiger partial charge in [0.2, 0.25) is 0 Å². The van der Waals surface area contributed by atoms with Crippen molar-refractivity contribution in [1.29, 1.82) is 0 Å². The van der Waals surface area contributed by atoms with Crippen molar-refractivity contribution in [2.45, 2.75) is 84.7 Å². The summed E-state index contributed by atoms with van der Waals surface area (Å²) in [7, 11) is 0. The van der Waals surface area contributed by atoms with Crippen molar-refractivity contribution in [2.75, 3.05) is 0 Å². The lowest BCUT2D eigenvalue weighted by atomic mass is 9.42. The molecule has 0 amide bonds. The van der Waals surface area contributed by atoms with Crippen LogP contribution in [0.15, 0.2) is 0 Å². The SMILES string of the molecule is C[C@@H]1C[C@H]2C[C@](C)(O)CC[C@]2(C)[C@H]2CC[C@]3(C)C(=O)CC[C@H]3[C@H]12. The molecule has 0 aromatic carbocycles. The summed E-state index contributed by atoms with van der Waals surface area (Å²) < 4.78 is 0. The van der Waals surface area contributed by atoms with E-state index in [0.29, 0.717) is 29.0 Å². The van der Waals surface area contributed by atoms with Crippen molar-refractivity contribution in [3.8, 4) is 0 Å². The molecule has 4 fully saturated rings. The Labute approximate surface area is 141 Å². The molecule has 0 bridgehead atoms. The van der Waals surface area contributed by atoms with Crippen LogP contribution in [0.2, 0.25) is 0 Å². The molecule has 0 spiro atoms. The number of fused-ring (bicyclic) bond motifs is 5. The lowest BCUT2D eigenvalue weighted by Gasteiger charge is -2.63. The first kappa shape index (κ1) is 16.1. The normalized spacial score (nSPS) is 59.2. The third-order valence-corrected chi connectivity index (χ3v) is 9.02. The maximum atomic E-state index is 12.5. The molecular weight excluding hydrogens is 284 g/mol. The van der Waals surface area contributed by atoms with Gasteiger partial charge < -0.3 is 5.11 Å². The second-order valence-corrected chi connectivity index (χ2v) is 10.3. The Balaban J connectivity index is 1.68. The van der Waals surface area contributed by atoms with E-state index in [4.69, 9.17) is 0 Å². The predicted molar refractivity (Wildman–Crippen MR) is 91.9 cm³/mol. The van der Waals surface area contributed by atoms with Gasteiger partial charge in [0.25, 0.3) is 0 Å². The first-order valence-electron chi connectivity index (χ1n) is 9.93. The minimum atomic E-state index is -0.455. The number of ketones is 1. The quantitative estimate of drug-likeness (QED) is 0.709. The lowest BCUT2D eigenvalue weighted by Crippen LogP contribution is -2.57. The Bertz CT molecular complexity index is 524. The Morgan fingerprint density at radius 2 is 1.78 bits per heavy atom. The van der Waals surface area contributed by atoms with Crippen molar-refractivity contribution >= 4 is 5.78 Å². The molecule has 0 aromatic heterocycles. The summed E-state index contributed by atoms with van der Waals surface area (Å²) in [6.07, 6.45) is 8.69. The van der Waals surface area contributed by atoms with Crippen molar-refractivity contribution in [2.24, 2.45) is 40.4 Å². The zero-order chi connectivity index (χ0) is 16.6. The molecule has 0 heterocycles. The van der Waals surface area contributed by atoms with E-state index in [2.05, 4.69) is 20.8 Å². The van der Waals surface area contributed by atoms with Crippen LogP contribution in [0.5, 0.6) is 0 Å². The fourth-order valence-electron chi connectivity index (χ4n) is 7.59. The summed E-state index contributed by atoms with van der Waals surface area (Å²) in [4.78, 5) is 12.5. The first-order valence-corrected chi connectivity index (χ1v) is 9.93. The van der Waals surface area contributed by atoms with Crippen LogP contribution in [0.4, 0.5) is 0 Å². The van der Waals surface area contributed by atoms with Gasteiger partial charge in [-0.1, -0.05) is 20.8 Å². The molecule has 23 heavy (non-hydrogen) atoms. The van der Waals surface area contributed by atoms with Crippen LogP contribution in [0.1, 0.15) is 79.1 Å². The standard InChI is InChI=1S/C21H34O2/c1-13-11-14-12-19(2,23)9-10-20(14,3)16-7-8-21(4)15(18(13)16)5-6-17(21)22/h13-16,18,23H,5-12H2,1-4H3/t13-,14+,15+,16+,18+,19-,20+,21+/m1/s1. The summed E-state index contributed by atoms with van der Waals surface area (Å²) in [5.74, 6) is 4.07. The van der Waals surface area contributed by atoms with Gasteiger partial charge in [-0.15, -0.1) is 0 Å². The first-order chi connectivity index (χ1) is 10.7. The molecule has 2 heteroatoms. The number of aliphatic hydroxyl groups is 1. The van der Waals surface area contributed by atoms with Crippen LogP contribution in [0.25, 0.3) is 0 Å². The van der Waals surface area contributed by atoms with Crippen molar-refractivity contribution < 1.29 is 9.90 Å². The Kier molecular flexibility index (Phi) is 3.39. The summed E-state index contributed by atoms with van der Waals surface area (Å²) in [5, 5.41) is 10.6. The lowest BCUT2D eigenvalue weighted by molar-refractivity contribution is -0.164. The van der Waals surface area contributed by atoms with Gasteiger partial charge >= 0.3 is 0 Å².